The third kappa shape index (κ3) is 4.75. The number of carbonyl (C=O) groups is 2. The van der Waals surface area contributed by atoms with Crippen LogP contribution in [0.5, 0.6) is 0 Å². The molecule has 1 rings (SSSR count). The lowest BCUT2D eigenvalue weighted by molar-refractivity contribution is -0.141. The lowest BCUT2D eigenvalue weighted by atomic mass is 9.95. The maximum absolute atomic E-state index is 12.0. The van der Waals surface area contributed by atoms with Crippen molar-refractivity contribution in [1.29, 1.82) is 0 Å². The number of hydrogen-bond acceptors (Lipinski definition) is 2. The molecule has 0 aliphatic carbocycles. The zero-order valence-corrected chi connectivity index (χ0v) is 11.0. The first kappa shape index (κ1) is 14.0. The summed E-state index contributed by atoms with van der Waals surface area (Å²) in [5.41, 5.74) is 2.72. The van der Waals surface area contributed by atoms with E-state index in [9.17, 15) is 9.59 Å². The molecule has 98 valence electrons. The van der Waals surface area contributed by atoms with Gasteiger partial charge >= 0.3 is 0 Å². The van der Waals surface area contributed by atoms with Crippen LogP contribution in [0.2, 0.25) is 0 Å². The van der Waals surface area contributed by atoms with Gasteiger partial charge in [0.2, 0.25) is 11.8 Å². The van der Waals surface area contributed by atoms with E-state index in [2.05, 4.69) is 12.3 Å². The Morgan fingerprint density at radius 1 is 1.41 bits per heavy atom. The molecule has 1 aliphatic heterocycles. The molecular formula is C13H24N2O2. The van der Waals surface area contributed by atoms with Crippen molar-refractivity contribution in [2.45, 2.75) is 58.8 Å². The highest BCUT2D eigenvalue weighted by Crippen LogP contribution is 2.21. The summed E-state index contributed by atoms with van der Waals surface area (Å²) in [7, 11) is 0. The van der Waals surface area contributed by atoms with Gasteiger partial charge in [0, 0.05) is 19.4 Å². The maximum atomic E-state index is 12.0. The molecule has 0 radical (unpaired) electrons. The van der Waals surface area contributed by atoms with Crippen LogP contribution in [0, 0.1) is 5.92 Å². The third-order valence-electron chi connectivity index (χ3n) is 3.19. The molecule has 1 heterocycles. The number of rotatable bonds is 5. The first-order valence-electron chi connectivity index (χ1n) is 6.77. The largest absolute Gasteiger partial charge is 0.273 e. The molecule has 0 spiro atoms. The van der Waals surface area contributed by atoms with Crippen LogP contribution in [0.25, 0.3) is 0 Å². The quantitative estimate of drug-likeness (QED) is 0.801. The average Bonchev–Trinajstić information content (AvgIpc) is 2.43. The van der Waals surface area contributed by atoms with Gasteiger partial charge in [-0.15, -0.1) is 0 Å². The van der Waals surface area contributed by atoms with Crippen molar-refractivity contribution >= 4 is 11.8 Å². The number of amides is 2. The Bertz CT molecular complexity index is 266. The summed E-state index contributed by atoms with van der Waals surface area (Å²) in [5.74, 6) is 0.528. The molecule has 1 N–H and O–H groups in total. The van der Waals surface area contributed by atoms with E-state index in [1.807, 2.05) is 6.92 Å². The number of hydrazine groups is 1. The van der Waals surface area contributed by atoms with Gasteiger partial charge in [0.15, 0.2) is 0 Å². The fourth-order valence-electron chi connectivity index (χ4n) is 2.33. The molecule has 1 fully saturated rings. The van der Waals surface area contributed by atoms with Gasteiger partial charge in [-0.3, -0.25) is 20.0 Å². The van der Waals surface area contributed by atoms with Gasteiger partial charge in [-0.1, -0.05) is 26.7 Å². The van der Waals surface area contributed by atoms with Crippen molar-refractivity contribution < 1.29 is 9.59 Å². The molecule has 0 saturated carbocycles. The highest BCUT2D eigenvalue weighted by atomic mass is 16.2. The molecule has 1 atom stereocenters. The van der Waals surface area contributed by atoms with Crippen molar-refractivity contribution in [3.05, 3.63) is 0 Å². The molecule has 1 aliphatic rings. The van der Waals surface area contributed by atoms with Gasteiger partial charge in [-0.2, -0.15) is 0 Å². The van der Waals surface area contributed by atoms with Crippen LogP contribution >= 0.6 is 0 Å². The number of nitrogens with one attached hydrogen (secondary N) is 1. The van der Waals surface area contributed by atoms with Crippen LogP contribution in [-0.4, -0.2) is 23.4 Å². The lowest BCUT2D eigenvalue weighted by Gasteiger charge is -2.21. The van der Waals surface area contributed by atoms with E-state index in [0.717, 1.165) is 32.1 Å². The molecule has 2 amide bonds. The van der Waals surface area contributed by atoms with Crippen molar-refractivity contribution in [1.82, 2.24) is 10.4 Å². The molecule has 0 aromatic heterocycles. The van der Waals surface area contributed by atoms with Crippen LogP contribution in [0.15, 0.2) is 0 Å². The smallest absolute Gasteiger partial charge is 0.241 e. The molecule has 1 unspecified atom stereocenters. The molecular weight excluding hydrogens is 216 g/mol. The summed E-state index contributed by atoms with van der Waals surface area (Å²) in [5, 5.41) is 1.52. The van der Waals surface area contributed by atoms with Crippen molar-refractivity contribution in [2.75, 3.05) is 6.54 Å². The first-order chi connectivity index (χ1) is 8.17. The molecule has 0 bridgehead atoms. The van der Waals surface area contributed by atoms with Gasteiger partial charge in [0.05, 0.1) is 0 Å². The molecule has 0 aromatic rings. The fourth-order valence-corrected chi connectivity index (χ4v) is 2.33. The van der Waals surface area contributed by atoms with Crippen molar-refractivity contribution in [3.8, 4) is 0 Å². The second-order valence-corrected chi connectivity index (χ2v) is 4.83. The predicted molar refractivity (Wildman–Crippen MR) is 67.0 cm³/mol. The van der Waals surface area contributed by atoms with Gasteiger partial charge in [0.1, 0.15) is 0 Å². The predicted octanol–water partition coefficient (Wildman–Crippen LogP) is 2.25. The van der Waals surface area contributed by atoms with E-state index in [1.54, 1.807) is 0 Å². The Morgan fingerprint density at radius 2 is 2.18 bits per heavy atom. The summed E-state index contributed by atoms with van der Waals surface area (Å²) < 4.78 is 0. The summed E-state index contributed by atoms with van der Waals surface area (Å²) in [6.07, 6.45) is 6.21. The van der Waals surface area contributed by atoms with E-state index >= 15 is 0 Å². The van der Waals surface area contributed by atoms with Crippen LogP contribution in [0.3, 0.4) is 0 Å². The van der Waals surface area contributed by atoms with Crippen LogP contribution in [0.4, 0.5) is 0 Å². The lowest BCUT2D eigenvalue weighted by Crippen LogP contribution is -2.46. The molecule has 17 heavy (non-hydrogen) atoms. The van der Waals surface area contributed by atoms with Gasteiger partial charge in [-0.05, 0) is 25.2 Å². The summed E-state index contributed by atoms with van der Waals surface area (Å²) in [6.45, 7) is 4.77. The molecule has 0 aromatic carbocycles. The van der Waals surface area contributed by atoms with Gasteiger partial charge < -0.3 is 0 Å². The number of hydrogen-bond donors (Lipinski definition) is 1. The second kappa shape index (κ2) is 7.30. The SMILES string of the molecule is CCCC(=O)NN1CCCC(CCC)CC1=O. The van der Waals surface area contributed by atoms with Crippen LogP contribution < -0.4 is 5.43 Å². The number of carbonyl (C=O) groups excluding carboxylic acids is 2. The Morgan fingerprint density at radius 3 is 2.82 bits per heavy atom. The van der Waals surface area contributed by atoms with E-state index in [-0.39, 0.29) is 11.8 Å². The average molecular weight is 240 g/mol. The Labute approximate surface area is 104 Å². The zero-order valence-electron chi connectivity index (χ0n) is 11.0. The monoisotopic (exact) mass is 240 g/mol. The summed E-state index contributed by atoms with van der Waals surface area (Å²) >= 11 is 0. The van der Waals surface area contributed by atoms with E-state index in [0.29, 0.717) is 25.3 Å². The Kier molecular flexibility index (Phi) is 6.01. The number of nitrogens with zero attached hydrogens (tertiary/aromatic N) is 1. The van der Waals surface area contributed by atoms with E-state index in [1.165, 1.54) is 5.01 Å². The van der Waals surface area contributed by atoms with Crippen molar-refractivity contribution in [3.63, 3.8) is 0 Å². The Balaban J connectivity index is 2.46. The van der Waals surface area contributed by atoms with Gasteiger partial charge in [0.25, 0.3) is 0 Å². The topological polar surface area (TPSA) is 49.4 Å². The van der Waals surface area contributed by atoms with Crippen LogP contribution in [-0.2, 0) is 9.59 Å². The van der Waals surface area contributed by atoms with Crippen LogP contribution in [0.1, 0.15) is 58.8 Å². The summed E-state index contributed by atoms with van der Waals surface area (Å²) in [4.78, 5) is 23.4. The first-order valence-corrected chi connectivity index (χ1v) is 6.77. The Hall–Kier alpha value is -1.06. The third-order valence-corrected chi connectivity index (χ3v) is 3.19. The maximum Gasteiger partial charge on any atom is 0.241 e. The zero-order chi connectivity index (χ0) is 12.7. The highest BCUT2D eigenvalue weighted by molar-refractivity contribution is 5.82. The molecule has 4 heteroatoms. The van der Waals surface area contributed by atoms with E-state index in [4.69, 9.17) is 0 Å². The summed E-state index contributed by atoms with van der Waals surface area (Å²) in [6, 6.07) is 0. The second-order valence-electron chi connectivity index (χ2n) is 4.83. The minimum absolute atomic E-state index is 0.0465. The normalized spacial score (nSPS) is 21.2. The molecule has 1 saturated heterocycles. The highest BCUT2D eigenvalue weighted by Gasteiger charge is 2.23. The van der Waals surface area contributed by atoms with Gasteiger partial charge in [-0.25, -0.2) is 0 Å². The molecule has 4 nitrogen and oxygen atoms in total. The standard InChI is InChI=1S/C13H24N2O2/c1-3-6-11-8-5-9-15(13(17)10-11)14-12(16)7-4-2/h11H,3-10H2,1-2H3,(H,14,16). The van der Waals surface area contributed by atoms with E-state index < -0.39 is 0 Å². The minimum atomic E-state index is -0.0465. The van der Waals surface area contributed by atoms with Crippen molar-refractivity contribution in [2.24, 2.45) is 5.92 Å². The minimum Gasteiger partial charge on any atom is -0.273 e. The fraction of sp³-hybridized carbons (Fsp3) is 0.846.